The van der Waals surface area contributed by atoms with E-state index in [0.717, 1.165) is 41.3 Å². The Balaban J connectivity index is 1.42. The van der Waals surface area contributed by atoms with Gasteiger partial charge < -0.3 is 16.0 Å². The lowest BCUT2D eigenvalue weighted by Crippen LogP contribution is -2.29. The molecule has 0 saturated carbocycles. The molecule has 6 heteroatoms. The minimum atomic E-state index is -0.655. The molecule has 0 spiro atoms. The first kappa shape index (κ1) is 18.6. The summed E-state index contributed by atoms with van der Waals surface area (Å²) < 4.78 is 11.4. The summed E-state index contributed by atoms with van der Waals surface area (Å²) in [5.74, 6) is 1.55. The molecular formula is C20H25N3O2S. The highest BCUT2D eigenvalue weighted by Gasteiger charge is 2.19. The maximum Gasteiger partial charge on any atom is 0.319 e. The van der Waals surface area contributed by atoms with Gasteiger partial charge in [0.05, 0.1) is 0 Å². The molecule has 0 bridgehead atoms. The molecule has 2 aromatic carbocycles. The number of carbonyl (C=O) groups is 1. The molecule has 0 radical (unpaired) electrons. The lowest BCUT2D eigenvalue weighted by Gasteiger charge is -2.12. The van der Waals surface area contributed by atoms with Gasteiger partial charge in [-0.2, -0.15) is 0 Å². The number of carbonyl (C=O) groups excluding carboxylic acids is 1. The first-order valence-electron chi connectivity index (χ1n) is 8.86. The normalized spacial score (nSPS) is 19.3. The van der Waals surface area contributed by atoms with Crippen LogP contribution in [0.25, 0.3) is 0 Å². The molecule has 2 atom stereocenters. The Labute approximate surface area is 157 Å². The van der Waals surface area contributed by atoms with Gasteiger partial charge in [0.25, 0.3) is 0 Å². The number of amides is 2. The Bertz CT molecular complexity index is 760. The van der Waals surface area contributed by atoms with E-state index in [9.17, 15) is 9.00 Å². The molecule has 0 aliphatic carbocycles. The molecule has 1 aliphatic heterocycles. The van der Waals surface area contributed by atoms with Crippen LogP contribution in [0.4, 0.5) is 10.5 Å². The zero-order valence-electron chi connectivity index (χ0n) is 15.0. The third-order valence-corrected chi connectivity index (χ3v) is 5.93. The summed E-state index contributed by atoms with van der Waals surface area (Å²) >= 11 is 0. The van der Waals surface area contributed by atoms with Crippen LogP contribution < -0.4 is 16.0 Å². The fourth-order valence-corrected chi connectivity index (χ4v) is 4.30. The van der Waals surface area contributed by atoms with Crippen LogP contribution >= 0.6 is 0 Å². The van der Waals surface area contributed by atoms with E-state index >= 15 is 0 Å². The Morgan fingerprint density at radius 1 is 1.04 bits per heavy atom. The number of urea groups is 1. The average Bonchev–Trinajstić information content (AvgIpc) is 3.06. The SMILES string of the molecule is Cc1ccc(CNC(=O)Nc2ccc(CNC3CCS(=O)C3)cc2)cc1. The predicted octanol–water partition coefficient (Wildman–Crippen LogP) is 2.93. The van der Waals surface area contributed by atoms with Gasteiger partial charge in [-0.1, -0.05) is 42.0 Å². The highest BCUT2D eigenvalue weighted by atomic mass is 32.2. The second kappa shape index (κ2) is 8.96. The zero-order valence-corrected chi connectivity index (χ0v) is 15.8. The van der Waals surface area contributed by atoms with Crippen LogP contribution in [0.15, 0.2) is 48.5 Å². The van der Waals surface area contributed by atoms with E-state index in [1.807, 2.05) is 55.5 Å². The van der Waals surface area contributed by atoms with E-state index < -0.39 is 10.8 Å². The van der Waals surface area contributed by atoms with Crippen molar-refractivity contribution in [2.24, 2.45) is 0 Å². The van der Waals surface area contributed by atoms with E-state index in [1.165, 1.54) is 5.56 Å². The standard InChI is InChI=1S/C20H25N3O2S/c1-15-2-4-16(5-3-15)13-22-20(24)23-18-8-6-17(7-9-18)12-21-19-10-11-26(25)14-19/h2-9,19,21H,10-14H2,1H3,(H2,22,23,24). The molecule has 1 saturated heterocycles. The molecular weight excluding hydrogens is 346 g/mol. The molecule has 1 aliphatic rings. The van der Waals surface area contributed by atoms with Crippen LogP contribution in [0.1, 0.15) is 23.1 Å². The molecule has 138 valence electrons. The largest absolute Gasteiger partial charge is 0.334 e. The maximum atomic E-state index is 12.0. The number of benzene rings is 2. The minimum absolute atomic E-state index is 0.218. The molecule has 1 fully saturated rings. The molecule has 26 heavy (non-hydrogen) atoms. The molecule has 2 aromatic rings. The third kappa shape index (κ3) is 5.68. The second-order valence-corrected chi connectivity index (χ2v) is 8.29. The number of hydrogen-bond donors (Lipinski definition) is 3. The molecule has 5 nitrogen and oxygen atoms in total. The van der Waals surface area contributed by atoms with E-state index in [2.05, 4.69) is 16.0 Å². The van der Waals surface area contributed by atoms with Crippen molar-refractivity contribution in [1.29, 1.82) is 0 Å². The van der Waals surface area contributed by atoms with Crippen LogP contribution in [0.3, 0.4) is 0 Å². The van der Waals surface area contributed by atoms with Crippen molar-refractivity contribution in [3.8, 4) is 0 Å². The van der Waals surface area contributed by atoms with Crippen LogP contribution in [-0.2, 0) is 23.9 Å². The summed E-state index contributed by atoms with van der Waals surface area (Å²) in [6.45, 7) is 3.29. The molecule has 2 amide bonds. The number of rotatable bonds is 6. The van der Waals surface area contributed by atoms with Gasteiger partial charge in [-0.25, -0.2) is 4.79 Å². The van der Waals surface area contributed by atoms with Gasteiger partial charge in [-0.15, -0.1) is 0 Å². The van der Waals surface area contributed by atoms with E-state index in [0.29, 0.717) is 12.6 Å². The van der Waals surface area contributed by atoms with Crippen molar-refractivity contribution < 1.29 is 9.00 Å². The van der Waals surface area contributed by atoms with Crippen molar-refractivity contribution in [2.75, 3.05) is 16.8 Å². The van der Waals surface area contributed by atoms with E-state index in [4.69, 9.17) is 0 Å². The molecule has 3 N–H and O–H groups in total. The highest BCUT2D eigenvalue weighted by Crippen LogP contribution is 2.12. The summed E-state index contributed by atoms with van der Waals surface area (Å²) in [5.41, 5.74) is 4.18. The van der Waals surface area contributed by atoms with Crippen LogP contribution in [-0.4, -0.2) is 27.8 Å². The molecule has 3 rings (SSSR count). The topological polar surface area (TPSA) is 70.2 Å². The predicted molar refractivity (Wildman–Crippen MR) is 107 cm³/mol. The van der Waals surface area contributed by atoms with Crippen LogP contribution in [0.2, 0.25) is 0 Å². The molecule has 1 heterocycles. The fourth-order valence-electron chi connectivity index (χ4n) is 2.86. The minimum Gasteiger partial charge on any atom is -0.334 e. The van der Waals surface area contributed by atoms with Crippen LogP contribution in [0, 0.1) is 6.92 Å². The summed E-state index contributed by atoms with van der Waals surface area (Å²) in [4.78, 5) is 12.0. The maximum absolute atomic E-state index is 12.0. The van der Waals surface area contributed by atoms with Gasteiger partial charge in [0.2, 0.25) is 0 Å². The highest BCUT2D eigenvalue weighted by molar-refractivity contribution is 7.85. The summed E-state index contributed by atoms with van der Waals surface area (Å²) in [6, 6.07) is 16.0. The van der Waals surface area contributed by atoms with Crippen molar-refractivity contribution in [3.05, 3.63) is 65.2 Å². The summed E-state index contributed by atoms with van der Waals surface area (Å²) in [5, 5.41) is 9.14. The zero-order chi connectivity index (χ0) is 18.4. The van der Waals surface area contributed by atoms with E-state index in [1.54, 1.807) is 0 Å². The van der Waals surface area contributed by atoms with Gasteiger partial charge in [0.1, 0.15) is 0 Å². The van der Waals surface area contributed by atoms with Gasteiger partial charge in [0, 0.05) is 47.1 Å². The lowest BCUT2D eigenvalue weighted by molar-refractivity contribution is 0.251. The quantitative estimate of drug-likeness (QED) is 0.731. The monoisotopic (exact) mass is 371 g/mol. The van der Waals surface area contributed by atoms with Gasteiger partial charge in [-0.05, 0) is 36.6 Å². The number of nitrogens with one attached hydrogen (secondary N) is 3. The number of anilines is 1. The van der Waals surface area contributed by atoms with Crippen molar-refractivity contribution >= 4 is 22.5 Å². The van der Waals surface area contributed by atoms with Crippen molar-refractivity contribution in [2.45, 2.75) is 32.5 Å². The number of aryl methyl sites for hydroxylation is 1. The summed E-state index contributed by atoms with van der Waals surface area (Å²) in [6.07, 6.45) is 0.980. The van der Waals surface area contributed by atoms with Gasteiger partial charge in [0.15, 0.2) is 0 Å². The smallest absolute Gasteiger partial charge is 0.319 e. The average molecular weight is 372 g/mol. The van der Waals surface area contributed by atoms with E-state index in [-0.39, 0.29) is 6.03 Å². The molecule has 0 aromatic heterocycles. The number of hydrogen-bond acceptors (Lipinski definition) is 3. The second-order valence-electron chi connectivity index (χ2n) is 6.67. The first-order chi connectivity index (χ1) is 12.6. The fraction of sp³-hybridized carbons (Fsp3) is 0.350. The lowest BCUT2D eigenvalue weighted by atomic mass is 10.1. The Morgan fingerprint density at radius 2 is 1.69 bits per heavy atom. The van der Waals surface area contributed by atoms with Crippen LogP contribution in [0.5, 0.6) is 0 Å². The first-order valence-corrected chi connectivity index (χ1v) is 10.3. The van der Waals surface area contributed by atoms with Gasteiger partial charge in [-0.3, -0.25) is 4.21 Å². The van der Waals surface area contributed by atoms with Crippen molar-refractivity contribution in [3.63, 3.8) is 0 Å². The summed E-state index contributed by atoms with van der Waals surface area (Å²) in [7, 11) is -0.655. The third-order valence-electron chi connectivity index (χ3n) is 4.46. The Hall–Kier alpha value is -2.18. The Morgan fingerprint density at radius 3 is 2.35 bits per heavy atom. The van der Waals surface area contributed by atoms with Crippen molar-refractivity contribution in [1.82, 2.24) is 10.6 Å². The molecule has 2 unspecified atom stereocenters. The Kier molecular flexibility index (Phi) is 6.41. The van der Waals surface area contributed by atoms with Gasteiger partial charge >= 0.3 is 6.03 Å².